The molecule has 0 saturated carbocycles. The van der Waals surface area contributed by atoms with Gasteiger partial charge in [0.05, 0.1) is 0 Å². The lowest BCUT2D eigenvalue weighted by Gasteiger charge is -2.06. The predicted molar refractivity (Wildman–Crippen MR) is 79.0 cm³/mol. The predicted octanol–water partition coefficient (Wildman–Crippen LogP) is 1.17. The Kier molecular flexibility index (Phi) is 4.49. The van der Waals surface area contributed by atoms with Crippen molar-refractivity contribution >= 4 is 11.7 Å². The number of phenols is 1. The van der Waals surface area contributed by atoms with Crippen LogP contribution in [0.25, 0.3) is 0 Å². The van der Waals surface area contributed by atoms with Crippen molar-refractivity contribution in [1.82, 2.24) is 9.97 Å². The van der Waals surface area contributed by atoms with Gasteiger partial charge in [-0.15, -0.1) is 0 Å². The minimum Gasteiger partial charge on any atom is -0.508 e. The van der Waals surface area contributed by atoms with E-state index in [-0.39, 0.29) is 5.75 Å². The molecular formula is C14H17N5O. The van der Waals surface area contributed by atoms with E-state index in [0.29, 0.717) is 23.9 Å². The molecule has 0 atom stereocenters. The topological polar surface area (TPSA) is 96.4 Å². The minimum atomic E-state index is 0.259. The zero-order valence-electron chi connectivity index (χ0n) is 11.2. The van der Waals surface area contributed by atoms with E-state index in [1.165, 1.54) is 0 Å². The van der Waals surface area contributed by atoms with Crippen molar-refractivity contribution in [2.45, 2.75) is 6.42 Å². The Bertz CT molecular complexity index is 595. The van der Waals surface area contributed by atoms with Crippen LogP contribution in [0.1, 0.15) is 11.3 Å². The van der Waals surface area contributed by atoms with Crippen molar-refractivity contribution in [3.05, 3.63) is 47.9 Å². The van der Waals surface area contributed by atoms with Crippen LogP contribution >= 0.6 is 0 Å². The summed E-state index contributed by atoms with van der Waals surface area (Å²) >= 11 is 0. The Morgan fingerprint density at radius 3 is 2.65 bits per heavy atom. The average molecular weight is 271 g/mol. The van der Waals surface area contributed by atoms with Gasteiger partial charge in [0.2, 0.25) is 0 Å². The third-order valence-electron chi connectivity index (χ3n) is 2.80. The fourth-order valence-corrected chi connectivity index (χ4v) is 1.75. The summed E-state index contributed by atoms with van der Waals surface area (Å²) in [4.78, 5) is 12.6. The molecule has 0 aliphatic carbocycles. The summed E-state index contributed by atoms with van der Waals surface area (Å²) in [7, 11) is 1.76. The highest BCUT2D eigenvalue weighted by Gasteiger charge is 2.06. The number of aromatic nitrogens is 2. The number of amidine groups is 1. The standard InChI is InChI=1S/C14H17N5O/c1-16-14-12(17-8-9-19-14)13(15)18-7-6-10-2-4-11(20)5-3-10/h2-5,8-9,20H,6-7H2,1H3,(H2,15,18)(H,16,19). The first-order chi connectivity index (χ1) is 9.70. The average Bonchev–Trinajstić information content (AvgIpc) is 2.49. The van der Waals surface area contributed by atoms with Gasteiger partial charge in [0.25, 0.3) is 0 Å². The van der Waals surface area contributed by atoms with Gasteiger partial charge < -0.3 is 16.2 Å². The minimum absolute atomic E-state index is 0.259. The van der Waals surface area contributed by atoms with E-state index < -0.39 is 0 Å². The fourth-order valence-electron chi connectivity index (χ4n) is 1.75. The molecule has 6 nitrogen and oxygen atoms in total. The zero-order chi connectivity index (χ0) is 14.4. The number of nitrogens with one attached hydrogen (secondary N) is 1. The van der Waals surface area contributed by atoms with Gasteiger partial charge in [-0.2, -0.15) is 0 Å². The molecule has 0 unspecified atom stereocenters. The number of anilines is 1. The number of rotatable bonds is 5. The van der Waals surface area contributed by atoms with E-state index in [1.54, 1.807) is 31.6 Å². The van der Waals surface area contributed by atoms with Crippen LogP contribution in [0.2, 0.25) is 0 Å². The molecule has 0 fully saturated rings. The first kappa shape index (κ1) is 13.8. The van der Waals surface area contributed by atoms with E-state index in [1.807, 2.05) is 12.1 Å². The van der Waals surface area contributed by atoms with Crippen molar-refractivity contribution in [2.75, 3.05) is 18.9 Å². The number of phenolic OH excluding ortho intramolecular Hbond substituents is 1. The molecule has 0 spiro atoms. The Labute approximate surface area is 117 Å². The van der Waals surface area contributed by atoms with E-state index in [9.17, 15) is 5.11 Å². The van der Waals surface area contributed by atoms with Gasteiger partial charge in [-0.25, -0.2) is 9.97 Å². The number of hydrogen-bond donors (Lipinski definition) is 3. The quantitative estimate of drug-likeness (QED) is 0.560. The van der Waals surface area contributed by atoms with Gasteiger partial charge in [-0.3, -0.25) is 4.99 Å². The number of aliphatic imine (C=N–C) groups is 1. The molecule has 0 amide bonds. The van der Waals surface area contributed by atoms with Gasteiger partial charge >= 0.3 is 0 Å². The normalized spacial score (nSPS) is 11.3. The second kappa shape index (κ2) is 6.51. The van der Waals surface area contributed by atoms with E-state index in [2.05, 4.69) is 20.3 Å². The molecule has 2 rings (SSSR count). The first-order valence-corrected chi connectivity index (χ1v) is 6.27. The summed E-state index contributed by atoms with van der Waals surface area (Å²) in [6, 6.07) is 7.04. The maximum Gasteiger partial charge on any atom is 0.155 e. The lowest BCUT2D eigenvalue weighted by Crippen LogP contribution is -2.18. The number of nitrogens with zero attached hydrogens (tertiary/aromatic N) is 3. The molecule has 0 bridgehead atoms. The lowest BCUT2D eigenvalue weighted by molar-refractivity contribution is 0.475. The largest absolute Gasteiger partial charge is 0.508 e. The summed E-state index contributed by atoms with van der Waals surface area (Å²) < 4.78 is 0. The Balaban J connectivity index is 2.02. The second-order valence-electron chi connectivity index (χ2n) is 4.19. The smallest absolute Gasteiger partial charge is 0.155 e. The van der Waals surface area contributed by atoms with Crippen LogP contribution < -0.4 is 11.1 Å². The monoisotopic (exact) mass is 271 g/mol. The van der Waals surface area contributed by atoms with Crippen LogP contribution in [0, 0.1) is 0 Å². The highest BCUT2D eigenvalue weighted by atomic mass is 16.3. The Morgan fingerprint density at radius 1 is 1.25 bits per heavy atom. The van der Waals surface area contributed by atoms with Crippen LogP contribution in [0.5, 0.6) is 5.75 Å². The maximum absolute atomic E-state index is 9.21. The van der Waals surface area contributed by atoms with E-state index >= 15 is 0 Å². The lowest BCUT2D eigenvalue weighted by atomic mass is 10.1. The SMILES string of the molecule is CNc1nccnc1C(N)=NCCc1ccc(O)cc1. The summed E-state index contributed by atoms with van der Waals surface area (Å²) in [5.74, 6) is 1.23. The molecule has 0 radical (unpaired) electrons. The van der Waals surface area contributed by atoms with Gasteiger partial charge in [0.15, 0.2) is 5.82 Å². The molecule has 0 aliphatic heterocycles. The van der Waals surface area contributed by atoms with E-state index in [4.69, 9.17) is 5.73 Å². The second-order valence-corrected chi connectivity index (χ2v) is 4.19. The van der Waals surface area contributed by atoms with Crippen LogP contribution in [-0.2, 0) is 6.42 Å². The molecular weight excluding hydrogens is 254 g/mol. The summed E-state index contributed by atoms with van der Waals surface area (Å²) in [6.07, 6.45) is 3.92. The number of aromatic hydroxyl groups is 1. The van der Waals surface area contributed by atoms with Crippen LogP contribution in [0.15, 0.2) is 41.7 Å². The Hall–Kier alpha value is -2.63. The van der Waals surface area contributed by atoms with Gasteiger partial charge in [0, 0.05) is 26.0 Å². The summed E-state index contributed by atoms with van der Waals surface area (Å²) in [5, 5.41) is 12.1. The first-order valence-electron chi connectivity index (χ1n) is 6.27. The zero-order valence-corrected chi connectivity index (χ0v) is 11.2. The molecule has 4 N–H and O–H groups in total. The molecule has 0 saturated heterocycles. The van der Waals surface area contributed by atoms with Gasteiger partial charge in [-0.1, -0.05) is 12.1 Å². The third-order valence-corrected chi connectivity index (χ3v) is 2.80. The summed E-state index contributed by atoms with van der Waals surface area (Å²) in [6.45, 7) is 0.552. The molecule has 104 valence electrons. The summed E-state index contributed by atoms with van der Waals surface area (Å²) in [5.41, 5.74) is 7.57. The molecule has 6 heteroatoms. The molecule has 20 heavy (non-hydrogen) atoms. The third kappa shape index (κ3) is 3.44. The van der Waals surface area contributed by atoms with Crippen LogP contribution in [-0.4, -0.2) is 34.5 Å². The number of nitrogens with two attached hydrogens (primary N) is 1. The Morgan fingerprint density at radius 2 is 1.95 bits per heavy atom. The van der Waals surface area contributed by atoms with Crippen molar-refractivity contribution in [2.24, 2.45) is 10.7 Å². The number of hydrogen-bond acceptors (Lipinski definition) is 5. The van der Waals surface area contributed by atoms with Crippen LogP contribution in [0.3, 0.4) is 0 Å². The van der Waals surface area contributed by atoms with E-state index in [0.717, 1.165) is 12.0 Å². The molecule has 1 aromatic carbocycles. The van der Waals surface area contributed by atoms with Gasteiger partial charge in [-0.05, 0) is 24.1 Å². The van der Waals surface area contributed by atoms with Gasteiger partial charge in [0.1, 0.15) is 17.3 Å². The molecule has 1 aromatic heterocycles. The van der Waals surface area contributed by atoms with Crippen molar-refractivity contribution in [3.8, 4) is 5.75 Å². The molecule has 1 heterocycles. The highest BCUT2D eigenvalue weighted by Crippen LogP contribution is 2.10. The van der Waals surface area contributed by atoms with Crippen molar-refractivity contribution in [1.29, 1.82) is 0 Å². The number of benzene rings is 1. The molecule has 0 aliphatic rings. The van der Waals surface area contributed by atoms with Crippen LogP contribution in [0.4, 0.5) is 5.82 Å². The highest BCUT2D eigenvalue weighted by molar-refractivity contribution is 5.99. The van der Waals surface area contributed by atoms with Crippen molar-refractivity contribution < 1.29 is 5.11 Å². The fraction of sp³-hybridized carbons (Fsp3) is 0.214. The van der Waals surface area contributed by atoms with Crippen molar-refractivity contribution in [3.63, 3.8) is 0 Å². The maximum atomic E-state index is 9.21. The molecule has 2 aromatic rings.